The molecule has 3 rings (SSSR count). The first-order valence-electron chi connectivity index (χ1n) is 8.49. The molecular weight excluding hydrogens is 398 g/mol. The smallest absolute Gasteiger partial charge is 0.236 e. The highest BCUT2D eigenvalue weighted by atomic mass is 32.2. The maximum atomic E-state index is 13.3. The average Bonchev–Trinajstić information content (AvgIpc) is 3.11. The van der Waals surface area contributed by atoms with Gasteiger partial charge in [-0.25, -0.2) is 12.4 Å². The summed E-state index contributed by atoms with van der Waals surface area (Å²) in [4.78, 5) is 13.3. The van der Waals surface area contributed by atoms with Crippen LogP contribution in [0.25, 0.3) is 10.9 Å². The van der Waals surface area contributed by atoms with Crippen LogP contribution in [0.3, 0.4) is 0 Å². The number of ether oxygens (including phenoxy) is 4. The second-order valence-electron chi connectivity index (χ2n) is 6.23. The number of aromatic nitrogens is 1. The summed E-state index contributed by atoms with van der Waals surface area (Å²) < 4.78 is 46.7. The Bertz CT molecular complexity index is 1170. The van der Waals surface area contributed by atoms with E-state index in [0.29, 0.717) is 33.9 Å². The number of nitrogens with zero attached hydrogens (tertiary/aromatic N) is 1. The molecule has 1 aromatic heterocycles. The third-order valence-electron chi connectivity index (χ3n) is 4.51. The van der Waals surface area contributed by atoms with E-state index in [4.69, 9.17) is 18.9 Å². The van der Waals surface area contributed by atoms with E-state index in [9.17, 15) is 13.2 Å². The highest BCUT2D eigenvalue weighted by molar-refractivity contribution is 7.89. The summed E-state index contributed by atoms with van der Waals surface area (Å²) in [6.45, 7) is 0. The van der Waals surface area contributed by atoms with Crippen molar-refractivity contribution in [3.05, 3.63) is 47.7 Å². The van der Waals surface area contributed by atoms with Crippen molar-refractivity contribution in [3.63, 3.8) is 0 Å². The molecule has 1 heterocycles. The van der Waals surface area contributed by atoms with Gasteiger partial charge < -0.3 is 18.9 Å². The van der Waals surface area contributed by atoms with Gasteiger partial charge in [-0.3, -0.25) is 4.79 Å². The molecule has 0 amide bonds. The van der Waals surface area contributed by atoms with Crippen molar-refractivity contribution in [3.8, 4) is 23.0 Å². The number of ketones is 1. The summed E-state index contributed by atoms with van der Waals surface area (Å²) in [5.74, 6) is 1.09. The molecule has 29 heavy (non-hydrogen) atoms. The topological polar surface area (TPSA) is 93.1 Å². The Morgan fingerprint density at radius 2 is 1.52 bits per heavy atom. The summed E-state index contributed by atoms with van der Waals surface area (Å²) in [6.07, 6.45) is 2.38. The van der Waals surface area contributed by atoms with Crippen LogP contribution in [0.15, 0.2) is 36.5 Å². The Hall–Kier alpha value is -3.20. The third-order valence-corrected chi connectivity index (χ3v) is 5.52. The maximum Gasteiger partial charge on any atom is 0.236 e. The Morgan fingerprint density at radius 1 is 0.897 bits per heavy atom. The Morgan fingerprint density at radius 3 is 2.00 bits per heavy atom. The summed E-state index contributed by atoms with van der Waals surface area (Å²) in [6, 6.07) is 7.94. The van der Waals surface area contributed by atoms with Crippen LogP contribution in [0.2, 0.25) is 0 Å². The molecule has 3 aromatic rings. The number of carbonyl (C=O) groups excluding carboxylic acids is 1. The molecule has 0 unspecified atom stereocenters. The van der Waals surface area contributed by atoms with Crippen molar-refractivity contribution in [2.75, 3.05) is 34.7 Å². The zero-order valence-corrected chi connectivity index (χ0v) is 17.5. The lowest BCUT2D eigenvalue weighted by Crippen LogP contribution is -2.09. The van der Waals surface area contributed by atoms with Gasteiger partial charge in [-0.1, -0.05) is 0 Å². The van der Waals surface area contributed by atoms with Crippen molar-refractivity contribution in [1.82, 2.24) is 3.97 Å². The van der Waals surface area contributed by atoms with Gasteiger partial charge in [-0.05, 0) is 24.3 Å². The standard InChI is InChI=1S/C20H21NO7S/c1-25-13-6-7-14-15(11-21(16(14)10-13)29(5,23)24)19(22)12-8-17(26-2)20(28-4)18(9-12)27-3/h6-11H,1-5H3. The van der Waals surface area contributed by atoms with E-state index in [1.165, 1.54) is 46.8 Å². The lowest BCUT2D eigenvalue weighted by atomic mass is 10.0. The monoisotopic (exact) mass is 419 g/mol. The SMILES string of the molecule is COc1ccc2c(C(=O)c3cc(OC)c(OC)c(OC)c3)cn(S(C)(=O)=O)c2c1. The summed E-state index contributed by atoms with van der Waals surface area (Å²) in [5, 5.41) is 0.481. The van der Waals surface area contributed by atoms with Crippen LogP contribution in [0.1, 0.15) is 15.9 Å². The molecule has 0 saturated carbocycles. The first-order chi connectivity index (χ1) is 13.7. The van der Waals surface area contributed by atoms with Gasteiger partial charge in [0.2, 0.25) is 15.8 Å². The molecular formula is C20H21NO7S. The molecule has 0 atom stereocenters. The number of hydrogen-bond donors (Lipinski definition) is 0. The molecule has 0 radical (unpaired) electrons. The fourth-order valence-electron chi connectivity index (χ4n) is 3.13. The Kier molecular flexibility index (Phi) is 5.43. The predicted octanol–water partition coefficient (Wildman–Crippen LogP) is 2.71. The van der Waals surface area contributed by atoms with Gasteiger partial charge in [-0.15, -0.1) is 0 Å². The molecule has 0 spiro atoms. The van der Waals surface area contributed by atoms with Gasteiger partial charge in [-0.2, -0.15) is 0 Å². The second-order valence-corrected chi connectivity index (χ2v) is 8.09. The van der Waals surface area contributed by atoms with E-state index in [0.717, 1.165) is 10.2 Å². The molecule has 9 heteroatoms. The number of carbonyl (C=O) groups is 1. The van der Waals surface area contributed by atoms with E-state index in [-0.39, 0.29) is 16.9 Å². The summed E-state index contributed by atoms with van der Waals surface area (Å²) in [5.41, 5.74) is 0.841. The van der Waals surface area contributed by atoms with Crippen molar-refractivity contribution in [2.24, 2.45) is 0 Å². The molecule has 0 aliphatic rings. The zero-order valence-electron chi connectivity index (χ0n) is 16.7. The molecule has 0 bridgehead atoms. The van der Waals surface area contributed by atoms with E-state index in [1.807, 2.05) is 0 Å². The van der Waals surface area contributed by atoms with E-state index < -0.39 is 10.0 Å². The van der Waals surface area contributed by atoms with Gasteiger partial charge in [0.1, 0.15) is 5.75 Å². The first-order valence-corrected chi connectivity index (χ1v) is 10.3. The van der Waals surface area contributed by atoms with Crippen LogP contribution in [0, 0.1) is 0 Å². The van der Waals surface area contributed by atoms with E-state index >= 15 is 0 Å². The fraction of sp³-hybridized carbons (Fsp3) is 0.250. The van der Waals surface area contributed by atoms with Crippen LogP contribution >= 0.6 is 0 Å². The molecule has 2 aromatic carbocycles. The average molecular weight is 419 g/mol. The van der Waals surface area contributed by atoms with E-state index in [1.54, 1.807) is 18.2 Å². The normalized spacial score (nSPS) is 11.3. The first kappa shape index (κ1) is 20.5. The van der Waals surface area contributed by atoms with Crippen LogP contribution in [-0.4, -0.2) is 52.9 Å². The van der Waals surface area contributed by atoms with E-state index in [2.05, 4.69) is 0 Å². The minimum atomic E-state index is -3.65. The van der Waals surface area contributed by atoms with Gasteiger partial charge in [0, 0.05) is 28.8 Å². The highest BCUT2D eigenvalue weighted by Gasteiger charge is 2.23. The Labute approximate surface area is 168 Å². The predicted molar refractivity (Wildman–Crippen MR) is 108 cm³/mol. The quantitative estimate of drug-likeness (QED) is 0.544. The van der Waals surface area contributed by atoms with Crippen LogP contribution in [0.4, 0.5) is 0 Å². The third kappa shape index (κ3) is 3.61. The van der Waals surface area contributed by atoms with Crippen LogP contribution in [0.5, 0.6) is 23.0 Å². The summed E-state index contributed by atoms with van der Waals surface area (Å²) in [7, 11) is 2.21. The number of methoxy groups -OCH3 is 4. The van der Waals surface area contributed by atoms with Gasteiger partial charge in [0.15, 0.2) is 17.3 Å². The molecule has 0 N–H and O–H groups in total. The number of benzene rings is 2. The minimum Gasteiger partial charge on any atom is -0.497 e. The van der Waals surface area contributed by atoms with Gasteiger partial charge in [0.05, 0.1) is 40.2 Å². The number of hydrogen-bond acceptors (Lipinski definition) is 7. The lowest BCUT2D eigenvalue weighted by Gasteiger charge is -2.13. The number of fused-ring (bicyclic) bond motifs is 1. The fourth-order valence-corrected chi connectivity index (χ4v) is 3.93. The lowest BCUT2D eigenvalue weighted by molar-refractivity contribution is 0.103. The van der Waals surface area contributed by atoms with Crippen molar-refractivity contribution < 1.29 is 32.2 Å². The molecule has 0 saturated heterocycles. The largest absolute Gasteiger partial charge is 0.497 e. The molecule has 0 fully saturated rings. The van der Waals surface area contributed by atoms with Crippen LogP contribution in [-0.2, 0) is 10.0 Å². The zero-order chi connectivity index (χ0) is 21.3. The molecule has 0 aliphatic carbocycles. The maximum absolute atomic E-state index is 13.3. The van der Waals surface area contributed by atoms with Crippen molar-refractivity contribution in [2.45, 2.75) is 0 Å². The molecule has 0 aliphatic heterocycles. The second kappa shape index (κ2) is 7.67. The van der Waals surface area contributed by atoms with Crippen molar-refractivity contribution in [1.29, 1.82) is 0 Å². The molecule has 8 nitrogen and oxygen atoms in total. The Balaban J connectivity index is 2.25. The van der Waals surface area contributed by atoms with Gasteiger partial charge >= 0.3 is 0 Å². The van der Waals surface area contributed by atoms with Crippen LogP contribution < -0.4 is 18.9 Å². The highest BCUT2D eigenvalue weighted by Crippen LogP contribution is 2.39. The molecule has 154 valence electrons. The minimum absolute atomic E-state index is 0.224. The van der Waals surface area contributed by atoms with Gasteiger partial charge in [0.25, 0.3) is 0 Å². The summed E-state index contributed by atoms with van der Waals surface area (Å²) >= 11 is 0. The number of rotatable bonds is 7. The van der Waals surface area contributed by atoms with Crippen molar-refractivity contribution >= 4 is 26.7 Å².